The Kier molecular flexibility index (Phi) is 4.04. The lowest BCUT2D eigenvalue weighted by Crippen LogP contribution is -2.37. The summed E-state index contributed by atoms with van der Waals surface area (Å²) in [6, 6.07) is 2.41. The first-order chi connectivity index (χ1) is 7.30. The summed E-state index contributed by atoms with van der Waals surface area (Å²) in [5, 5.41) is 9.74. The fourth-order valence-corrected chi connectivity index (χ4v) is 1.39. The minimum absolute atomic E-state index is 0.0592. The van der Waals surface area contributed by atoms with Gasteiger partial charge in [-0.05, 0) is 30.5 Å². The Bertz CT molecular complexity index is 368. The summed E-state index contributed by atoms with van der Waals surface area (Å²) >= 11 is 5.59. The third kappa shape index (κ3) is 3.57. The summed E-state index contributed by atoms with van der Waals surface area (Å²) in [5.74, 6) is -0.109. The number of nitrogens with two attached hydrogens (primary N) is 1. The number of aromatic hydroxyl groups is 1. The number of rotatable bonds is 3. The molecule has 0 amide bonds. The van der Waals surface area contributed by atoms with Crippen LogP contribution in [0.1, 0.15) is 12.0 Å². The van der Waals surface area contributed by atoms with Crippen LogP contribution < -0.4 is 5.73 Å². The molecule has 1 atom stereocenters. The fourth-order valence-electron chi connectivity index (χ4n) is 1.22. The standard InChI is InChI=1S/C10H11ClF3NO/c11-7-3-1-6(8(16)5-7)2-4-9(15)10(12,13)14/h1,3,5,9,16H,2,4,15H2. The van der Waals surface area contributed by atoms with Crippen molar-refractivity contribution in [3.8, 4) is 5.75 Å². The van der Waals surface area contributed by atoms with E-state index in [0.29, 0.717) is 10.6 Å². The molecule has 3 N–H and O–H groups in total. The number of phenols is 1. The fraction of sp³-hybridized carbons (Fsp3) is 0.400. The summed E-state index contributed by atoms with van der Waals surface area (Å²) in [4.78, 5) is 0. The van der Waals surface area contributed by atoms with Crippen molar-refractivity contribution in [2.75, 3.05) is 0 Å². The first-order valence-corrected chi connectivity index (χ1v) is 4.98. The molecule has 0 aliphatic rings. The molecule has 1 aromatic carbocycles. The van der Waals surface area contributed by atoms with E-state index in [-0.39, 0.29) is 18.6 Å². The van der Waals surface area contributed by atoms with E-state index >= 15 is 0 Å². The molecular weight excluding hydrogens is 243 g/mol. The molecule has 16 heavy (non-hydrogen) atoms. The van der Waals surface area contributed by atoms with Gasteiger partial charge in [-0.3, -0.25) is 0 Å². The van der Waals surface area contributed by atoms with Crippen LogP contribution >= 0.6 is 11.6 Å². The maximum Gasteiger partial charge on any atom is 0.403 e. The van der Waals surface area contributed by atoms with Crippen LogP contribution in [0.4, 0.5) is 13.2 Å². The second-order valence-electron chi connectivity index (χ2n) is 3.46. The molecule has 2 nitrogen and oxygen atoms in total. The van der Waals surface area contributed by atoms with Crippen molar-refractivity contribution >= 4 is 11.6 Å². The molecule has 1 unspecified atom stereocenters. The van der Waals surface area contributed by atoms with E-state index < -0.39 is 12.2 Å². The first-order valence-electron chi connectivity index (χ1n) is 4.60. The third-order valence-corrected chi connectivity index (χ3v) is 2.43. The van der Waals surface area contributed by atoms with Gasteiger partial charge in [-0.1, -0.05) is 17.7 Å². The number of alkyl halides is 3. The van der Waals surface area contributed by atoms with Crippen LogP contribution in [0.15, 0.2) is 18.2 Å². The van der Waals surface area contributed by atoms with Crippen molar-refractivity contribution in [3.05, 3.63) is 28.8 Å². The van der Waals surface area contributed by atoms with Crippen LogP contribution in [0, 0.1) is 0 Å². The average molecular weight is 254 g/mol. The second-order valence-corrected chi connectivity index (χ2v) is 3.90. The van der Waals surface area contributed by atoms with Crippen molar-refractivity contribution in [1.29, 1.82) is 0 Å². The molecule has 0 aliphatic carbocycles. The summed E-state index contributed by atoms with van der Waals surface area (Å²) in [6.07, 6.45) is -4.61. The van der Waals surface area contributed by atoms with Gasteiger partial charge in [0.25, 0.3) is 0 Å². The summed E-state index contributed by atoms with van der Waals surface area (Å²) in [5.41, 5.74) is 5.35. The van der Waals surface area contributed by atoms with Crippen molar-refractivity contribution < 1.29 is 18.3 Å². The number of benzene rings is 1. The third-order valence-electron chi connectivity index (χ3n) is 2.19. The van der Waals surface area contributed by atoms with Crippen LogP contribution in [-0.2, 0) is 6.42 Å². The highest BCUT2D eigenvalue weighted by Crippen LogP contribution is 2.26. The van der Waals surface area contributed by atoms with Gasteiger partial charge >= 0.3 is 6.18 Å². The predicted molar refractivity (Wildman–Crippen MR) is 55.5 cm³/mol. The predicted octanol–water partition coefficient (Wildman–Crippen LogP) is 2.87. The Morgan fingerprint density at radius 1 is 1.38 bits per heavy atom. The van der Waals surface area contributed by atoms with Crippen molar-refractivity contribution in [2.24, 2.45) is 5.73 Å². The Hall–Kier alpha value is -0.940. The quantitative estimate of drug-likeness (QED) is 0.870. The van der Waals surface area contributed by atoms with E-state index in [9.17, 15) is 18.3 Å². The Balaban J connectivity index is 2.62. The number of phenolic OH excluding ortho intramolecular Hbond substituents is 1. The number of hydrogen-bond acceptors (Lipinski definition) is 2. The van der Waals surface area contributed by atoms with Crippen molar-refractivity contribution in [3.63, 3.8) is 0 Å². The second kappa shape index (κ2) is 4.93. The SMILES string of the molecule is NC(CCc1ccc(Cl)cc1O)C(F)(F)F. The Morgan fingerprint density at radius 2 is 2.00 bits per heavy atom. The highest BCUT2D eigenvalue weighted by atomic mass is 35.5. The maximum absolute atomic E-state index is 12.1. The van der Waals surface area contributed by atoms with Gasteiger partial charge in [0, 0.05) is 5.02 Å². The smallest absolute Gasteiger partial charge is 0.403 e. The van der Waals surface area contributed by atoms with Gasteiger partial charge in [-0.15, -0.1) is 0 Å². The summed E-state index contributed by atoms with van der Waals surface area (Å²) in [7, 11) is 0. The molecule has 0 saturated heterocycles. The Morgan fingerprint density at radius 3 is 2.50 bits per heavy atom. The van der Waals surface area contributed by atoms with Gasteiger partial charge in [-0.2, -0.15) is 13.2 Å². The van der Waals surface area contributed by atoms with Gasteiger partial charge in [-0.25, -0.2) is 0 Å². The molecule has 90 valence electrons. The van der Waals surface area contributed by atoms with Crippen LogP contribution in [0.3, 0.4) is 0 Å². The zero-order valence-corrected chi connectivity index (χ0v) is 9.02. The maximum atomic E-state index is 12.1. The van der Waals surface area contributed by atoms with Gasteiger partial charge < -0.3 is 10.8 Å². The molecule has 6 heteroatoms. The lowest BCUT2D eigenvalue weighted by atomic mass is 10.0. The van der Waals surface area contributed by atoms with Gasteiger partial charge in [0.1, 0.15) is 11.8 Å². The van der Waals surface area contributed by atoms with E-state index in [1.54, 1.807) is 0 Å². The molecule has 0 spiro atoms. The van der Waals surface area contributed by atoms with Crippen molar-refractivity contribution in [1.82, 2.24) is 0 Å². The zero-order valence-electron chi connectivity index (χ0n) is 8.26. The molecular formula is C10H11ClF3NO. The average Bonchev–Trinajstić information content (AvgIpc) is 2.14. The number of hydrogen-bond donors (Lipinski definition) is 2. The van der Waals surface area contributed by atoms with Gasteiger partial charge in [0.15, 0.2) is 0 Å². The van der Waals surface area contributed by atoms with Crippen LogP contribution in [-0.4, -0.2) is 17.3 Å². The van der Waals surface area contributed by atoms with E-state index in [1.807, 2.05) is 0 Å². The van der Waals surface area contributed by atoms with Crippen LogP contribution in [0.25, 0.3) is 0 Å². The minimum Gasteiger partial charge on any atom is -0.508 e. The van der Waals surface area contributed by atoms with Crippen LogP contribution in [0.5, 0.6) is 5.75 Å². The van der Waals surface area contributed by atoms with E-state index in [2.05, 4.69) is 0 Å². The van der Waals surface area contributed by atoms with Crippen LogP contribution in [0.2, 0.25) is 5.02 Å². The monoisotopic (exact) mass is 253 g/mol. The summed E-state index contributed by atoms with van der Waals surface area (Å²) < 4.78 is 36.3. The molecule has 1 aromatic rings. The topological polar surface area (TPSA) is 46.2 Å². The van der Waals surface area contributed by atoms with Gasteiger partial charge in [0.2, 0.25) is 0 Å². The molecule has 0 heterocycles. The highest BCUT2D eigenvalue weighted by molar-refractivity contribution is 6.30. The van der Waals surface area contributed by atoms with E-state index in [4.69, 9.17) is 17.3 Å². The number of aryl methyl sites for hydroxylation is 1. The first kappa shape index (κ1) is 13.1. The molecule has 0 aromatic heterocycles. The minimum atomic E-state index is -4.40. The molecule has 0 bridgehead atoms. The lowest BCUT2D eigenvalue weighted by molar-refractivity contribution is -0.148. The number of halogens is 4. The molecule has 1 rings (SSSR count). The normalized spacial score (nSPS) is 13.8. The van der Waals surface area contributed by atoms with E-state index in [1.165, 1.54) is 18.2 Å². The molecule has 0 aliphatic heterocycles. The largest absolute Gasteiger partial charge is 0.508 e. The lowest BCUT2D eigenvalue weighted by Gasteiger charge is -2.15. The zero-order chi connectivity index (χ0) is 12.3. The molecule has 0 saturated carbocycles. The Labute approximate surface area is 95.8 Å². The molecule has 0 radical (unpaired) electrons. The molecule has 0 fully saturated rings. The van der Waals surface area contributed by atoms with E-state index in [0.717, 1.165) is 0 Å². The van der Waals surface area contributed by atoms with Gasteiger partial charge in [0.05, 0.1) is 0 Å². The highest BCUT2D eigenvalue weighted by Gasteiger charge is 2.36. The summed E-state index contributed by atoms with van der Waals surface area (Å²) in [6.45, 7) is 0. The van der Waals surface area contributed by atoms with Crippen molar-refractivity contribution in [2.45, 2.75) is 25.1 Å².